The van der Waals surface area contributed by atoms with Gasteiger partial charge in [-0.25, -0.2) is 0 Å². The van der Waals surface area contributed by atoms with Gasteiger partial charge in [-0.05, 0) is 54.3 Å². The molecule has 0 aromatic heterocycles. The van der Waals surface area contributed by atoms with E-state index in [0.29, 0.717) is 24.2 Å². The van der Waals surface area contributed by atoms with E-state index in [1.54, 1.807) is 12.4 Å². The summed E-state index contributed by atoms with van der Waals surface area (Å²) >= 11 is 0. The second kappa shape index (κ2) is 10.2. The smallest absolute Gasteiger partial charge is 0.127 e. The number of aryl methyl sites for hydroxylation is 2. The standard InChI is InChI=1S/C26H26N2O2/c1-19-7-6-10-23(25(19)29)17-27-13-14-28-18-24-16-22(15-20(2)26(24)30)12-11-21-8-4-3-5-9-21/h3-12,15-18,29-30H,13-14H2,1-2H3/b12-11+,27-17?,28-18?. The molecule has 3 aromatic rings. The highest BCUT2D eigenvalue weighted by atomic mass is 16.3. The molecular weight excluding hydrogens is 372 g/mol. The lowest BCUT2D eigenvalue weighted by Gasteiger charge is -2.05. The Morgan fingerprint density at radius 3 is 2.03 bits per heavy atom. The second-order valence-electron chi connectivity index (χ2n) is 7.10. The molecule has 0 amide bonds. The van der Waals surface area contributed by atoms with Crippen LogP contribution in [-0.4, -0.2) is 35.7 Å². The molecule has 0 radical (unpaired) electrons. The summed E-state index contributed by atoms with van der Waals surface area (Å²) in [6, 6.07) is 19.5. The van der Waals surface area contributed by atoms with Crippen molar-refractivity contribution in [2.45, 2.75) is 13.8 Å². The van der Waals surface area contributed by atoms with E-state index in [1.807, 2.05) is 86.7 Å². The van der Waals surface area contributed by atoms with Crippen molar-refractivity contribution < 1.29 is 10.2 Å². The largest absolute Gasteiger partial charge is 0.507 e. The number of rotatable bonds is 7. The molecule has 3 rings (SSSR count). The molecule has 152 valence electrons. The van der Waals surface area contributed by atoms with Crippen molar-refractivity contribution in [3.63, 3.8) is 0 Å². The van der Waals surface area contributed by atoms with Crippen LogP contribution in [0.15, 0.2) is 70.6 Å². The fourth-order valence-electron chi connectivity index (χ4n) is 3.01. The maximum Gasteiger partial charge on any atom is 0.127 e. The number of hydrogen-bond acceptors (Lipinski definition) is 4. The lowest BCUT2D eigenvalue weighted by atomic mass is 10.0. The first-order valence-corrected chi connectivity index (χ1v) is 9.89. The summed E-state index contributed by atoms with van der Waals surface area (Å²) < 4.78 is 0. The van der Waals surface area contributed by atoms with Crippen molar-refractivity contribution in [2.24, 2.45) is 9.98 Å². The van der Waals surface area contributed by atoms with Gasteiger partial charge in [0.2, 0.25) is 0 Å². The van der Waals surface area contributed by atoms with Crippen LogP contribution in [0.5, 0.6) is 11.5 Å². The van der Waals surface area contributed by atoms with Gasteiger partial charge < -0.3 is 10.2 Å². The highest BCUT2D eigenvalue weighted by molar-refractivity contribution is 5.86. The Hall–Kier alpha value is -3.66. The first-order valence-electron chi connectivity index (χ1n) is 9.89. The van der Waals surface area contributed by atoms with Crippen molar-refractivity contribution in [1.29, 1.82) is 0 Å². The molecule has 0 heterocycles. The summed E-state index contributed by atoms with van der Waals surface area (Å²) in [6.45, 7) is 4.72. The molecule has 0 bridgehead atoms. The van der Waals surface area contributed by atoms with Crippen LogP contribution in [0.1, 0.15) is 33.4 Å². The number of phenolic OH excluding ortho intramolecular Hbond substituents is 2. The van der Waals surface area contributed by atoms with Gasteiger partial charge in [0.15, 0.2) is 0 Å². The van der Waals surface area contributed by atoms with Crippen molar-refractivity contribution in [1.82, 2.24) is 0 Å². The summed E-state index contributed by atoms with van der Waals surface area (Å²) in [4.78, 5) is 8.71. The summed E-state index contributed by atoms with van der Waals surface area (Å²) in [5.41, 5.74) is 5.14. The van der Waals surface area contributed by atoms with Crippen LogP contribution in [-0.2, 0) is 0 Å². The minimum atomic E-state index is 0.240. The number of benzene rings is 3. The van der Waals surface area contributed by atoms with E-state index < -0.39 is 0 Å². The van der Waals surface area contributed by atoms with Crippen LogP contribution in [0.2, 0.25) is 0 Å². The topological polar surface area (TPSA) is 65.2 Å². The maximum absolute atomic E-state index is 10.3. The zero-order chi connectivity index (χ0) is 21.3. The molecule has 0 spiro atoms. The Bertz CT molecular complexity index is 1080. The third-order valence-electron chi connectivity index (χ3n) is 4.71. The molecule has 0 fully saturated rings. The molecule has 4 nitrogen and oxygen atoms in total. The lowest BCUT2D eigenvalue weighted by molar-refractivity contribution is 0.469. The van der Waals surface area contributed by atoms with Crippen LogP contribution >= 0.6 is 0 Å². The summed E-state index contributed by atoms with van der Waals surface area (Å²) in [6.07, 6.45) is 7.41. The molecule has 0 aliphatic carbocycles. The average molecular weight is 399 g/mol. The zero-order valence-electron chi connectivity index (χ0n) is 17.3. The number of aromatic hydroxyl groups is 2. The molecule has 0 saturated carbocycles. The van der Waals surface area contributed by atoms with Crippen LogP contribution in [0, 0.1) is 13.8 Å². The Kier molecular flexibility index (Phi) is 7.17. The van der Waals surface area contributed by atoms with Gasteiger partial charge in [-0.3, -0.25) is 9.98 Å². The summed E-state index contributed by atoms with van der Waals surface area (Å²) in [5, 5.41) is 20.3. The first kappa shape index (κ1) is 21.1. The fourth-order valence-corrected chi connectivity index (χ4v) is 3.01. The van der Waals surface area contributed by atoms with Gasteiger partial charge in [-0.1, -0.05) is 54.6 Å². The summed E-state index contributed by atoms with van der Waals surface area (Å²) in [5.74, 6) is 0.495. The molecule has 0 atom stereocenters. The fraction of sp³-hybridized carbons (Fsp3) is 0.154. The predicted molar refractivity (Wildman–Crippen MR) is 126 cm³/mol. The Morgan fingerprint density at radius 2 is 1.30 bits per heavy atom. The maximum atomic E-state index is 10.3. The van der Waals surface area contributed by atoms with Crippen LogP contribution in [0.4, 0.5) is 0 Å². The van der Waals surface area contributed by atoms with Gasteiger partial charge in [-0.15, -0.1) is 0 Å². The monoisotopic (exact) mass is 398 g/mol. The number of nitrogens with zero attached hydrogens (tertiary/aromatic N) is 2. The summed E-state index contributed by atoms with van der Waals surface area (Å²) in [7, 11) is 0. The van der Waals surface area contributed by atoms with Crippen molar-refractivity contribution in [3.8, 4) is 11.5 Å². The van der Waals surface area contributed by atoms with E-state index in [1.165, 1.54) is 0 Å². The molecule has 0 aliphatic rings. The highest BCUT2D eigenvalue weighted by Gasteiger charge is 2.04. The zero-order valence-corrected chi connectivity index (χ0v) is 17.3. The molecule has 4 heteroatoms. The van der Waals surface area contributed by atoms with Crippen LogP contribution in [0.25, 0.3) is 12.2 Å². The van der Waals surface area contributed by atoms with Gasteiger partial charge in [0, 0.05) is 23.6 Å². The molecule has 0 saturated heterocycles. The second-order valence-corrected chi connectivity index (χ2v) is 7.10. The molecule has 3 aromatic carbocycles. The van der Waals surface area contributed by atoms with Gasteiger partial charge in [0.1, 0.15) is 11.5 Å². The number of phenols is 2. The minimum Gasteiger partial charge on any atom is -0.507 e. The third kappa shape index (κ3) is 5.67. The number of para-hydroxylation sites is 1. The van der Waals surface area contributed by atoms with Gasteiger partial charge in [-0.2, -0.15) is 0 Å². The van der Waals surface area contributed by atoms with Gasteiger partial charge in [0.25, 0.3) is 0 Å². The van der Waals surface area contributed by atoms with E-state index in [2.05, 4.69) is 9.98 Å². The molecular formula is C26H26N2O2. The van der Waals surface area contributed by atoms with E-state index >= 15 is 0 Å². The normalized spacial score (nSPS) is 11.8. The molecule has 0 aliphatic heterocycles. The predicted octanol–water partition coefficient (Wildman–Crippen LogP) is 5.42. The number of aliphatic imine (C=N–C) groups is 2. The molecule has 2 N–H and O–H groups in total. The van der Waals surface area contributed by atoms with E-state index in [0.717, 1.165) is 22.3 Å². The first-order chi connectivity index (χ1) is 14.5. The van der Waals surface area contributed by atoms with Gasteiger partial charge in [0.05, 0.1) is 13.1 Å². The molecule has 30 heavy (non-hydrogen) atoms. The Morgan fingerprint density at radius 1 is 0.667 bits per heavy atom. The van der Waals surface area contributed by atoms with Crippen LogP contribution < -0.4 is 0 Å². The van der Waals surface area contributed by atoms with Crippen molar-refractivity contribution in [2.75, 3.05) is 13.1 Å². The Labute approximate surface area is 177 Å². The van der Waals surface area contributed by atoms with Crippen LogP contribution in [0.3, 0.4) is 0 Å². The van der Waals surface area contributed by atoms with E-state index in [9.17, 15) is 10.2 Å². The quantitative estimate of drug-likeness (QED) is 0.317. The van der Waals surface area contributed by atoms with Crippen molar-refractivity contribution in [3.05, 3.63) is 94.0 Å². The van der Waals surface area contributed by atoms with E-state index in [4.69, 9.17) is 0 Å². The third-order valence-corrected chi connectivity index (χ3v) is 4.71. The number of hydrogen-bond donors (Lipinski definition) is 2. The minimum absolute atomic E-state index is 0.240. The molecule has 0 unspecified atom stereocenters. The highest BCUT2D eigenvalue weighted by Crippen LogP contribution is 2.24. The van der Waals surface area contributed by atoms with Crippen molar-refractivity contribution >= 4 is 24.6 Å². The average Bonchev–Trinajstić information content (AvgIpc) is 2.75. The SMILES string of the molecule is Cc1cccc(C=NCCN=Cc2cc(/C=C/c3ccccc3)cc(C)c2O)c1O. The van der Waals surface area contributed by atoms with E-state index in [-0.39, 0.29) is 11.5 Å². The Balaban J connectivity index is 1.63. The lowest BCUT2D eigenvalue weighted by Crippen LogP contribution is -1.93. The van der Waals surface area contributed by atoms with Gasteiger partial charge >= 0.3 is 0 Å².